The molecule has 0 spiro atoms. The smallest absolute Gasteiger partial charge is 0.339 e. The molecule has 0 amide bonds. The van der Waals surface area contributed by atoms with Gasteiger partial charge in [0, 0.05) is 13.1 Å². The van der Waals surface area contributed by atoms with Gasteiger partial charge >= 0.3 is 11.9 Å². The summed E-state index contributed by atoms with van der Waals surface area (Å²) in [5, 5.41) is 3.10. The Kier molecular flexibility index (Phi) is 6.74. The molecular formula is C17H24N2O6S. The van der Waals surface area contributed by atoms with Crippen LogP contribution in [0.1, 0.15) is 33.6 Å². The van der Waals surface area contributed by atoms with E-state index in [-0.39, 0.29) is 16.0 Å². The van der Waals surface area contributed by atoms with Gasteiger partial charge in [0.1, 0.15) is 0 Å². The van der Waals surface area contributed by atoms with Gasteiger partial charge < -0.3 is 14.8 Å². The third-order valence-electron chi connectivity index (χ3n) is 4.49. The average molecular weight is 384 g/mol. The molecule has 1 saturated heterocycles. The number of ether oxygens (including phenoxy) is 2. The van der Waals surface area contributed by atoms with Crippen molar-refractivity contribution in [1.82, 2.24) is 9.62 Å². The number of sulfonamides is 1. The van der Waals surface area contributed by atoms with Crippen molar-refractivity contribution >= 4 is 22.0 Å². The standard InChI is InChI=1S/C17H24N2O6S/c1-18-11-12-6-8-19(9-7-12)26(22,23)15-10-13(16(20)24-2)4-5-14(15)17(21)25-3/h4-5,10,12,18H,6-9,11H2,1-3H3. The second kappa shape index (κ2) is 8.61. The predicted molar refractivity (Wildman–Crippen MR) is 94.5 cm³/mol. The first kappa shape index (κ1) is 20.3. The number of nitrogens with one attached hydrogen (secondary N) is 1. The van der Waals surface area contributed by atoms with E-state index >= 15 is 0 Å². The van der Waals surface area contributed by atoms with Gasteiger partial charge in [0.05, 0.1) is 30.2 Å². The van der Waals surface area contributed by atoms with Crippen molar-refractivity contribution in [1.29, 1.82) is 0 Å². The molecule has 1 aromatic rings. The Morgan fingerprint density at radius 2 is 1.77 bits per heavy atom. The molecule has 0 unspecified atom stereocenters. The number of hydrogen-bond acceptors (Lipinski definition) is 7. The molecule has 26 heavy (non-hydrogen) atoms. The topological polar surface area (TPSA) is 102 Å². The summed E-state index contributed by atoms with van der Waals surface area (Å²) in [7, 11) is 0.301. The van der Waals surface area contributed by atoms with E-state index < -0.39 is 22.0 Å². The Morgan fingerprint density at radius 3 is 2.31 bits per heavy atom. The van der Waals surface area contributed by atoms with Crippen LogP contribution in [0.5, 0.6) is 0 Å². The van der Waals surface area contributed by atoms with Crippen LogP contribution >= 0.6 is 0 Å². The van der Waals surface area contributed by atoms with Gasteiger partial charge in [-0.2, -0.15) is 4.31 Å². The highest BCUT2D eigenvalue weighted by molar-refractivity contribution is 7.89. The van der Waals surface area contributed by atoms with Crippen LogP contribution in [0.4, 0.5) is 0 Å². The number of benzene rings is 1. The molecule has 1 heterocycles. The second-order valence-corrected chi connectivity index (χ2v) is 8.01. The SMILES string of the molecule is CNCC1CCN(S(=O)(=O)c2cc(C(=O)OC)ccc2C(=O)OC)CC1. The predicted octanol–water partition coefficient (Wildman–Crippen LogP) is 0.880. The second-order valence-electron chi connectivity index (χ2n) is 6.10. The molecule has 1 aliphatic rings. The Balaban J connectivity index is 2.40. The maximum atomic E-state index is 13.1. The number of methoxy groups -OCH3 is 2. The van der Waals surface area contributed by atoms with Crippen molar-refractivity contribution in [2.24, 2.45) is 5.92 Å². The molecule has 1 fully saturated rings. The van der Waals surface area contributed by atoms with E-state index in [9.17, 15) is 18.0 Å². The van der Waals surface area contributed by atoms with Crippen LogP contribution in [0.15, 0.2) is 23.1 Å². The molecule has 1 N–H and O–H groups in total. The summed E-state index contributed by atoms with van der Waals surface area (Å²) in [4.78, 5) is 23.6. The minimum Gasteiger partial charge on any atom is -0.465 e. The molecule has 0 aromatic heterocycles. The van der Waals surface area contributed by atoms with Crippen LogP contribution in [0.3, 0.4) is 0 Å². The van der Waals surface area contributed by atoms with Crippen molar-refractivity contribution in [3.8, 4) is 0 Å². The van der Waals surface area contributed by atoms with Crippen LogP contribution in [0.25, 0.3) is 0 Å². The molecule has 8 nitrogen and oxygen atoms in total. The monoisotopic (exact) mass is 384 g/mol. The zero-order valence-corrected chi connectivity index (χ0v) is 16.0. The van der Waals surface area contributed by atoms with Gasteiger partial charge in [-0.1, -0.05) is 0 Å². The lowest BCUT2D eigenvalue weighted by molar-refractivity contribution is 0.0583. The largest absolute Gasteiger partial charge is 0.465 e. The maximum Gasteiger partial charge on any atom is 0.339 e. The fourth-order valence-electron chi connectivity index (χ4n) is 3.04. The highest BCUT2D eigenvalue weighted by atomic mass is 32.2. The number of nitrogens with zero attached hydrogens (tertiary/aromatic N) is 1. The fourth-order valence-corrected chi connectivity index (χ4v) is 4.72. The third-order valence-corrected chi connectivity index (χ3v) is 6.43. The quantitative estimate of drug-likeness (QED) is 0.727. The normalized spacial score (nSPS) is 16.3. The molecule has 0 bridgehead atoms. The Bertz CT molecular complexity index is 769. The number of hydrogen-bond donors (Lipinski definition) is 1. The van der Waals surface area contributed by atoms with Gasteiger partial charge in [-0.3, -0.25) is 0 Å². The van der Waals surface area contributed by atoms with E-state index in [4.69, 9.17) is 0 Å². The van der Waals surface area contributed by atoms with Crippen LogP contribution in [0.2, 0.25) is 0 Å². The Hall–Kier alpha value is -1.97. The average Bonchev–Trinajstić information content (AvgIpc) is 2.67. The minimum absolute atomic E-state index is 0.0591. The van der Waals surface area contributed by atoms with E-state index in [1.807, 2.05) is 7.05 Å². The van der Waals surface area contributed by atoms with Gasteiger partial charge in [-0.05, 0) is 50.6 Å². The molecule has 1 aromatic carbocycles. The third kappa shape index (κ3) is 4.22. The molecule has 0 atom stereocenters. The van der Waals surface area contributed by atoms with E-state index in [1.165, 1.54) is 36.7 Å². The first-order valence-corrected chi connectivity index (χ1v) is 9.74. The summed E-state index contributed by atoms with van der Waals surface area (Å²) in [5.41, 5.74) is -0.0405. The van der Waals surface area contributed by atoms with Gasteiger partial charge in [-0.15, -0.1) is 0 Å². The van der Waals surface area contributed by atoms with Crippen molar-refractivity contribution in [2.45, 2.75) is 17.7 Å². The summed E-state index contributed by atoms with van der Waals surface area (Å²) < 4.78 is 36.9. The first-order valence-electron chi connectivity index (χ1n) is 8.30. The molecule has 144 valence electrons. The number of rotatable bonds is 6. The van der Waals surface area contributed by atoms with E-state index in [2.05, 4.69) is 14.8 Å². The number of carbonyl (C=O) groups excluding carboxylic acids is 2. The molecule has 0 saturated carbocycles. The minimum atomic E-state index is -3.95. The number of esters is 2. The van der Waals surface area contributed by atoms with Gasteiger partial charge in [0.25, 0.3) is 0 Å². The van der Waals surface area contributed by atoms with E-state index in [0.29, 0.717) is 19.0 Å². The highest BCUT2D eigenvalue weighted by Gasteiger charge is 2.33. The van der Waals surface area contributed by atoms with Crippen molar-refractivity contribution < 1.29 is 27.5 Å². The lowest BCUT2D eigenvalue weighted by Gasteiger charge is -2.31. The van der Waals surface area contributed by atoms with Crippen molar-refractivity contribution in [3.05, 3.63) is 29.3 Å². The molecule has 9 heteroatoms. The molecule has 0 aliphatic carbocycles. The fraction of sp³-hybridized carbons (Fsp3) is 0.529. The maximum absolute atomic E-state index is 13.1. The summed E-state index contributed by atoms with van der Waals surface area (Å²) in [6.45, 7) is 1.55. The number of piperidine rings is 1. The van der Waals surface area contributed by atoms with Crippen LogP contribution in [-0.4, -0.2) is 65.6 Å². The summed E-state index contributed by atoms with van der Waals surface area (Å²) in [6, 6.07) is 3.79. The molecule has 0 radical (unpaired) electrons. The van der Waals surface area contributed by atoms with E-state index in [0.717, 1.165) is 19.4 Å². The lowest BCUT2D eigenvalue weighted by atomic mass is 9.98. The summed E-state index contributed by atoms with van der Waals surface area (Å²) in [5.74, 6) is -1.04. The van der Waals surface area contributed by atoms with Crippen LogP contribution in [0, 0.1) is 5.92 Å². The Labute approximate surface area is 153 Å². The van der Waals surface area contributed by atoms with Crippen molar-refractivity contribution in [2.75, 3.05) is 40.9 Å². The molecular weight excluding hydrogens is 360 g/mol. The Morgan fingerprint density at radius 1 is 1.15 bits per heavy atom. The highest BCUT2D eigenvalue weighted by Crippen LogP contribution is 2.27. The van der Waals surface area contributed by atoms with Crippen LogP contribution in [-0.2, 0) is 19.5 Å². The molecule has 1 aliphatic heterocycles. The van der Waals surface area contributed by atoms with Gasteiger partial charge in [-0.25, -0.2) is 18.0 Å². The molecule has 2 rings (SSSR count). The van der Waals surface area contributed by atoms with Crippen molar-refractivity contribution in [3.63, 3.8) is 0 Å². The van der Waals surface area contributed by atoms with Gasteiger partial charge in [0.2, 0.25) is 10.0 Å². The van der Waals surface area contributed by atoms with E-state index in [1.54, 1.807) is 0 Å². The zero-order chi connectivity index (χ0) is 19.3. The van der Waals surface area contributed by atoms with Gasteiger partial charge in [0.15, 0.2) is 0 Å². The van der Waals surface area contributed by atoms with Crippen LogP contribution < -0.4 is 5.32 Å². The lowest BCUT2D eigenvalue weighted by Crippen LogP contribution is -2.40. The summed E-state index contributed by atoms with van der Waals surface area (Å²) >= 11 is 0. The summed E-state index contributed by atoms with van der Waals surface area (Å²) in [6.07, 6.45) is 1.45. The number of carbonyl (C=O) groups is 2. The zero-order valence-electron chi connectivity index (χ0n) is 15.1. The first-order chi connectivity index (χ1) is 12.3.